The Balaban J connectivity index is 1.76. The zero-order chi connectivity index (χ0) is 22.8. The number of aromatic nitrogens is 4. The first-order valence-corrected chi connectivity index (χ1v) is 11.0. The lowest BCUT2D eigenvalue weighted by atomic mass is 10.2. The molecule has 164 valence electrons. The van der Waals surface area contributed by atoms with E-state index in [0.29, 0.717) is 23.4 Å². The smallest absolute Gasteiger partial charge is 0.325 e. The second-order valence-electron chi connectivity index (χ2n) is 7.46. The minimum Gasteiger partial charge on any atom is -0.325 e. The second kappa shape index (κ2) is 8.96. The first kappa shape index (κ1) is 21.8. The first-order valence-electron chi connectivity index (χ1n) is 10.2. The van der Waals surface area contributed by atoms with Gasteiger partial charge in [0.1, 0.15) is 6.54 Å². The Morgan fingerprint density at radius 2 is 1.84 bits per heavy atom. The molecule has 0 fully saturated rings. The molecule has 2 aromatic heterocycles. The van der Waals surface area contributed by atoms with Gasteiger partial charge in [0.15, 0.2) is 11.2 Å². The maximum atomic E-state index is 13.3. The number of rotatable bonds is 6. The van der Waals surface area contributed by atoms with E-state index in [-0.39, 0.29) is 6.54 Å². The van der Waals surface area contributed by atoms with E-state index in [1.807, 2.05) is 56.3 Å². The topological polar surface area (TPSA) is 90.9 Å². The quantitative estimate of drug-likeness (QED) is 0.444. The number of nitrogens with one attached hydrogen (secondary N) is 1. The van der Waals surface area contributed by atoms with Crippen molar-refractivity contribution in [3.8, 4) is 0 Å². The van der Waals surface area contributed by atoms with Gasteiger partial charge in [-0.05, 0) is 43.2 Å². The van der Waals surface area contributed by atoms with Gasteiger partial charge < -0.3 is 9.88 Å². The highest BCUT2D eigenvalue weighted by atomic mass is 79.9. The fraction of sp³-hybridized carbons (Fsp3) is 0.217. The number of nitrogens with zero attached hydrogens (tertiary/aromatic N) is 4. The molecule has 9 heteroatoms. The molecule has 1 amide bonds. The number of hydrogen-bond acceptors (Lipinski definition) is 4. The van der Waals surface area contributed by atoms with Crippen LogP contribution in [0.1, 0.15) is 18.1 Å². The maximum Gasteiger partial charge on any atom is 0.333 e. The molecule has 0 aliphatic rings. The summed E-state index contributed by atoms with van der Waals surface area (Å²) in [6.07, 6.45) is 1.54. The molecule has 8 nitrogen and oxygen atoms in total. The number of amides is 1. The normalized spacial score (nSPS) is 11.1. The highest BCUT2D eigenvalue weighted by Gasteiger charge is 2.19. The summed E-state index contributed by atoms with van der Waals surface area (Å²) in [5.74, 6) is -0.459. The number of fused-ring (bicyclic) bond motifs is 1. The Morgan fingerprint density at radius 3 is 2.53 bits per heavy atom. The van der Waals surface area contributed by atoms with Crippen LogP contribution in [0.25, 0.3) is 11.2 Å². The SMILES string of the molecule is CCn1cnc2c1c(=O)n(CC(=O)Nc1ccc(Br)c(C)c1)c(=O)n2Cc1ccccc1. The summed E-state index contributed by atoms with van der Waals surface area (Å²) in [4.78, 5) is 43.5. The maximum absolute atomic E-state index is 13.3. The van der Waals surface area contributed by atoms with Gasteiger partial charge in [0.25, 0.3) is 5.56 Å². The largest absolute Gasteiger partial charge is 0.333 e. The number of imidazole rings is 1. The summed E-state index contributed by atoms with van der Waals surface area (Å²) < 4.78 is 5.02. The summed E-state index contributed by atoms with van der Waals surface area (Å²) in [5.41, 5.74) is 1.94. The van der Waals surface area contributed by atoms with Gasteiger partial charge in [-0.25, -0.2) is 14.3 Å². The van der Waals surface area contributed by atoms with Gasteiger partial charge in [-0.15, -0.1) is 0 Å². The van der Waals surface area contributed by atoms with Gasteiger partial charge >= 0.3 is 5.69 Å². The molecule has 0 bridgehead atoms. The van der Waals surface area contributed by atoms with Crippen LogP contribution in [0.2, 0.25) is 0 Å². The molecule has 0 atom stereocenters. The van der Waals surface area contributed by atoms with E-state index >= 15 is 0 Å². The molecular formula is C23H22BrN5O3. The predicted molar refractivity (Wildman–Crippen MR) is 127 cm³/mol. The molecule has 32 heavy (non-hydrogen) atoms. The van der Waals surface area contributed by atoms with Crippen molar-refractivity contribution in [2.75, 3.05) is 5.32 Å². The van der Waals surface area contributed by atoms with Crippen LogP contribution >= 0.6 is 15.9 Å². The Labute approximate surface area is 192 Å². The zero-order valence-electron chi connectivity index (χ0n) is 17.7. The Hall–Kier alpha value is -3.46. The van der Waals surface area contributed by atoms with Crippen LogP contribution in [0, 0.1) is 6.92 Å². The summed E-state index contributed by atoms with van der Waals surface area (Å²) in [6.45, 7) is 4.16. The lowest BCUT2D eigenvalue weighted by Crippen LogP contribution is -2.43. The zero-order valence-corrected chi connectivity index (χ0v) is 19.3. The first-order chi connectivity index (χ1) is 15.4. The average Bonchev–Trinajstić information content (AvgIpc) is 3.22. The van der Waals surface area contributed by atoms with Crippen LogP contribution in [-0.2, 0) is 24.4 Å². The fourth-order valence-electron chi connectivity index (χ4n) is 3.59. The highest BCUT2D eigenvalue weighted by Crippen LogP contribution is 2.20. The molecule has 2 heterocycles. The molecule has 2 aromatic carbocycles. The summed E-state index contributed by atoms with van der Waals surface area (Å²) in [7, 11) is 0. The third-order valence-electron chi connectivity index (χ3n) is 5.25. The molecule has 0 spiro atoms. The van der Waals surface area contributed by atoms with Gasteiger partial charge in [0.2, 0.25) is 5.91 Å². The van der Waals surface area contributed by atoms with Crippen molar-refractivity contribution in [3.63, 3.8) is 0 Å². The standard InChI is InChI=1S/C23H22BrN5O3/c1-3-27-14-25-21-20(27)22(31)29(23(32)28(21)12-16-7-5-4-6-8-16)13-19(30)26-17-9-10-18(24)15(2)11-17/h4-11,14H,3,12-13H2,1-2H3,(H,26,30). The number of halogens is 1. The van der Waals surface area contributed by atoms with Crippen molar-refractivity contribution < 1.29 is 4.79 Å². The van der Waals surface area contributed by atoms with Crippen molar-refractivity contribution in [2.24, 2.45) is 0 Å². The molecule has 0 saturated carbocycles. The van der Waals surface area contributed by atoms with Gasteiger partial charge in [-0.1, -0.05) is 46.3 Å². The monoisotopic (exact) mass is 495 g/mol. The van der Waals surface area contributed by atoms with Crippen LogP contribution in [0.3, 0.4) is 0 Å². The number of hydrogen-bond donors (Lipinski definition) is 1. The summed E-state index contributed by atoms with van der Waals surface area (Å²) in [5, 5.41) is 2.76. The van der Waals surface area contributed by atoms with E-state index in [1.165, 1.54) is 4.57 Å². The summed E-state index contributed by atoms with van der Waals surface area (Å²) in [6, 6.07) is 14.8. The van der Waals surface area contributed by atoms with Crippen molar-refractivity contribution in [1.29, 1.82) is 0 Å². The Morgan fingerprint density at radius 1 is 1.09 bits per heavy atom. The van der Waals surface area contributed by atoms with E-state index in [4.69, 9.17) is 0 Å². The highest BCUT2D eigenvalue weighted by molar-refractivity contribution is 9.10. The van der Waals surface area contributed by atoms with Crippen LogP contribution in [0.4, 0.5) is 5.69 Å². The average molecular weight is 496 g/mol. The van der Waals surface area contributed by atoms with Gasteiger partial charge in [0, 0.05) is 16.7 Å². The number of benzene rings is 2. The Kier molecular flexibility index (Phi) is 6.09. The van der Waals surface area contributed by atoms with Crippen LogP contribution in [0.5, 0.6) is 0 Å². The van der Waals surface area contributed by atoms with Crippen LogP contribution < -0.4 is 16.6 Å². The third-order valence-corrected chi connectivity index (χ3v) is 6.14. The van der Waals surface area contributed by atoms with E-state index in [0.717, 1.165) is 20.2 Å². The van der Waals surface area contributed by atoms with Gasteiger partial charge in [-0.2, -0.15) is 0 Å². The molecule has 4 rings (SSSR count). The lowest BCUT2D eigenvalue weighted by Gasteiger charge is -2.13. The summed E-state index contributed by atoms with van der Waals surface area (Å²) >= 11 is 3.43. The van der Waals surface area contributed by atoms with E-state index in [1.54, 1.807) is 17.0 Å². The van der Waals surface area contributed by atoms with Crippen molar-refractivity contribution >= 4 is 38.7 Å². The molecular weight excluding hydrogens is 474 g/mol. The molecule has 0 aliphatic carbocycles. The minimum absolute atomic E-state index is 0.241. The number of aryl methyl sites for hydroxylation is 2. The van der Waals surface area contributed by atoms with Crippen molar-refractivity contribution in [3.05, 3.63) is 91.3 Å². The lowest BCUT2D eigenvalue weighted by molar-refractivity contribution is -0.116. The van der Waals surface area contributed by atoms with Gasteiger partial charge in [-0.3, -0.25) is 14.2 Å². The number of carbonyl (C=O) groups is 1. The molecule has 0 radical (unpaired) electrons. The second-order valence-corrected chi connectivity index (χ2v) is 8.31. The van der Waals surface area contributed by atoms with Crippen LogP contribution in [0.15, 0.2) is 68.9 Å². The minimum atomic E-state index is -0.574. The van der Waals surface area contributed by atoms with Crippen molar-refractivity contribution in [2.45, 2.75) is 33.5 Å². The molecule has 0 saturated heterocycles. The third kappa shape index (κ3) is 4.16. The van der Waals surface area contributed by atoms with E-state index < -0.39 is 23.7 Å². The van der Waals surface area contributed by atoms with Crippen molar-refractivity contribution in [1.82, 2.24) is 18.7 Å². The number of carbonyl (C=O) groups excluding carboxylic acids is 1. The molecule has 1 N–H and O–H groups in total. The Bertz CT molecular complexity index is 1420. The molecule has 0 unspecified atom stereocenters. The van der Waals surface area contributed by atoms with Gasteiger partial charge in [0.05, 0.1) is 12.9 Å². The molecule has 4 aromatic rings. The van der Waals surface area contributed by atoms with Crippen LogP contribution in [-0.4, -0.2) is 24.6 Å². The van der Waals surface area contributed by atoms with E-state index in [9.17, 15) is 14.4 Å². The predicted octanol–water partition coefficient (Wildman–Crippen LogP) is 3.14. The van der Waals surface area contributed by atoms with E-state index in [2.05, 4.69) is 26.2 Å². The number of anilines is 1. The fourth-order valence-corrected chi connectivity index (χ4v) is 3.84. The molecule has 0 aliphatic heterocycles.